The summed E-state index contributed by atoms with van der Waals surface area (Å²) in [6, 6.07) is 35.5. The van der Waals surface area contributed by atoms with Crippen LogP contribution in [0.4, 0.5) is 0 Å². The second-order valence-electron chi connectivity index (χ2n) is 7.52. The average molecular weight is 486 g/mol. The van der Waals surface area contributed by atoms with Crippen molar-refractivity contribution in [3.05, 3.63) is 136 Å². The van der Waals surface area contributed by atoms with Gasteiger partial charge < -0.3 is 9.64 Å². The Kier molecular flexibility index (Phi) is 7.03. The summed E-state index contributed by atoms with van der Waals surface area (Å²) < 4.78 is 6.18. The monoisotopic (exact) mass is 485 g/mol. The van der Waals surface area contributed by atoms with Crippen molar-refractivity contribution in [2.24, 2.45) is 0 Å². The molecular formula is C28H24BrNO2. The molecule has 0 aromatic heterocycles. The molecule has 0 saturated heterocycles. The Morgan fingerprint density at radius 2 is 1.41 bits per heavy atom. The zero-order valence-electron chi connectivity index (χ0n) is 17.8. The van der Waals surface area contributed by atoms with E-state index in [4.69, 9.17) is 4.74 Å². The van der Waals surface area contributed by atoms with Crippen molar-refractivity contribution in [2.75, 3.05) is 7.11 Å². The molecule has 0 aliphatic rings. The maximum Gasteiger partial charge on any atom is 0.254 e. The van der Waals surface area contributed by atoms with Gasteiger partial charge in [-0.25, -0.2) is 0 Å². The lowest BCUT2D eigenvalue weighted by Crippen LogP contribution is -2.35. The van der Waals surface area contributed by atoms with E-state index in [-0.39, 0.29) is 11.9 Å². The van der Waals surface area contributed by atoms with Gasteiger partial charge in [-0.2, -0.15) is 0 Å². The van der Waals surface area contributed by atoms with Crippen LogP contribution in [-0.4, -0.2) is 17.9 Å². The molecule has 4 aromatic carbocycles. The van der Waals surface area contributed by atoms with Gasteiger partial charge in [0.05, 0.1) is 13.2 Å². The highest BCUT2D eigenvalue weighted by molar-refractivity contribution is 9.10. The average Bonchev–Trinajstić information content (AvgIpc) is 2.85. The minimum Gasteiger partial charge on any atom is -0.497 e. The van der Waals surface area contributed by atoms with Crippen molar-refractivity contribution in [1.82, 2.24) is 4.90 Å². The summed E-state index contributed by atoms with van der Waals surface area (Å²) in [6.45, 7) is 0.462. The molecule has 0 radical (unpaired) electrons. The van der Waals surface area contributed by atoms with Gasteiger partial charge in [-0.05, 0) is 47.0 Å². The van der Waals surface area contributed by atoms with Gasteiger partial charge in [0, 0.05) is 16.6 Å². The summed E-state index contributed by atoms with van der Waals surface area (Å²) in [5.74, 6) is 0.765. The van der Waals surface area contributed by atoms with E-state index in [9.17, 15) is 4.79 Å². The summed E-state index contributed by atoms with van der Waals surface area (Å²) in [5.41, 5.74) is 3.81. The Labute approximate surface area is 197 Å². The number of rotatable bonds is 7. The first-order chi connectivity index (χ1) is 15.7. The second-order valence-corrected chi connectivity index (χ2v) is 8.43. The standard InChI is InChI=1S/C28H24BrNO2/c1-32-26-17-15-21(16-18-26)20-30(28(31)24-13-8-14-25(29)19-24)27(22-9-4-2-5-10-22)23-11-6-3-7-12-23/h2-19,27H,20H2,1H3. The Balaban J connectivity index is 1.82. The largest absolute Gasteiger partial charge is 0.497 e. The Hall–Kier alpha value is -3.37. The zero-order chi connectivity index (χ0) is 22.3. The highest BCUT2D eigenvalue weighted by Gasteiger charge is 2.28. The molecule has 0 unspecified atom stereocenters. The fourth-order valence-electron chi connectivity index (χ4n) is 3.82. The van der Waals surface area contributed by atoms with Crippen molar-refractivity contribution in [1.29, 1.82) is 0 Å². The van der Waals surface area contributed by atoms with Crippen LogP contribution in [0.5, 0.6) is 5.75 Å². The van der Waals surface area contributed by atoms with E-state index in [2.05, 4.69) is 40.2 Å². The summed E-state index contributed by atoms with van der Waals surface area (Å²) in [7, 11) is 1.65. The maximum absolute atomic E-state index is 13.9. The predicted octanol–water partition coefficient (Wildman–Crippen LogP) is 6.89. The van der Waals surface area contributed by atoms with Crippen molar-refractivity contribution >= 4 is 21.8 Å². The molecule has 4 heteroatoms. The van der Waals surface area contributed by atoms with E-state index in [1.165, 1.54) is 0 Å². The molecule has 1 amide bonds. The third-order valence-corrected chi connectivity index (χ3v) is 5.88. The van der Waals surface area contributed by atoms with Crippen LogP contribution in [0.1, 0.15) is 33.1 Å². The highest BCUT2D eigenvalue weighted by atomic mass is 79.9. The SMILES string of the molecule is COc1ccc(CN(C(=O)c2cccc(Br)c2)C(c2ccccc2)c2ccccc2)cc1. The van der Waals surface area contributed by atoms with E-state index in [1.807, 2.05) is 89.8 Å². The lowest BCUT2D eigenvalue weighted by Gasteiger charge is -2.33. The molecule has 0 N–H and O–H groups in total. The summed E-state index contributed by atoms with van der Waals surface area (Å²) in [5, 5.41) is 0. The third-order valence-electron chi connectivity index (χ3n) is 5.39. The number of carbonyl (C=O) groups is 1. The number of benzene rings is 4. The van der Waals surface area contributed by atoms with Crippen LogP contribution in [0, 0.1) is 0 Å². The molecule has 0 heterocycles. The number of hydrogen-bond donors (Lipinski definition) is 0. The summed E-state index contributed by atoms with van der Waals surface area (Å²) in [4.78, 5) is 15.8. The van der Waals surface area contributed by atoms with Crippen LogP contribution in [-0.2, 0) is 6.54 Å². The summed E-state index contributed by atoms with van der Waals surface area (Å²) >= 11 is 3.50. The summed E-state index contributed by atoms with van der Waals surface area (Å²) in [6.07, 6.45) is 0. The van der Waals surface area contributed by atoms with E-state index in [0.29, 0.717) is 12.1 Å². The Morgan fingerprint density at radius 3 is 1.94 bits per heavy atom. The molecule has 160 valence electrons. The lowest BCUT2D eigenvalue weighted by atomic mass is 9.95. The first-order valence-corrected chi connectivity index (χ1v) is 11.2. The molecule has 0 aliphatic carbocycles. The van der Waals surface area contributed by atoms with Gasteiger partial charge in [0.25, 0.3) is 5.91 Å². The number of ether oxygens (including phenoxy) is 1. The van der Waals surface area contributed by atoms with Gasteiger partial charge in [-0.15, -0.1) is 0 Å². The molecule has 3 nitrogen and oxygen atoms in total. The van der Waals surface area contributed by atoms with Gasteiger partial charge in [0.15, 0.2) is 0 Å². The van der Waals surface area contributed by atoms with E-state index < -0.39 is 0 Å². The normalized spacial score (nSPS) is 10.7. The smallest absolute Gasteiger partial charge is 0.254 e. The quantitative estimate of drug-likeness (QED) is 0.285. The first-order valence-electron chi connectivity index (χ1n) is 10.4. The van der Waals surface area contributed by atoms with Crippen LogP contribution < -0.4 is 4.74 Å². The van der Waals surface area contributed by atoms with Crippen molar-refractivity contribution in [3.63, 3.8) is 0 Å². The van der Waals surface area contributed by atoms with Gasteiger partial charge in [-0.1, -0.05) is 94.8 Å². The number of hydrogen-bond acceptors (Lipinski definition) is 2. The van der Waals surface area contributed by atoms with E-state index >= 15 is 0 Å². The number of halogens is 1. The van der Waals surface area contributed by atoms with Crippen molar-refractivity contribution < 1.29 is 9.53 Å². The zero-order valence-corrected chi connectivity index (χ0v) is 19.4. The van der Waals surface area contributed by atoms with Crippen LogP contribution in [0.3, 0.4) is 0 Å². The third kappa shape index (κ3) is 5.09. The Bertz CT molecular complexity index is 1120. The van der Waals surface area contributed by atoms with Gasteiger partial charge in [-0.3, -0.25) is 4.79 Å². The van der Waals surface area contributed by atoms with Crippen LogP contribution in [0.25, 0.3) is 0 Å². The molecule has 0 aliphatic heterocycles. The molecule has 0 fully saturated rings. The minimum atomic E-state index is -0.231. The fraction of sp³-hybridized carbons (Fsp3) is 0.107. The Morgan fingerprint density at radius 1 is 0.812 bits per heavy atom. The van der Waals surface area contributed by atoms with Crippen LogP contribution >= 0.6 is 15.9 Å². The van der Waals surface area contributed by atoms with E-state index in [0.717, 1.165) is 26.9 Å². The van der Waals surface area contributed by atoms with Crippen LogP contribution in [0.15, 0.2) is 114 Å². The lowest BCUT2D eigenvalue weighted by molar-refractivity contribution is 0.0690. The number of methoxy groups -OCH3 is 1. The van der Waals surface area contributed by atoms with Gasteiger partial charge >= 0.3 is 0 Å². The first kappa shape index (κ1) is 21.8. The number of nitrogens with zero attached hydrogens (tertiary/aromatic N) is 1. The van der Waals surface area contributed by atoms with Crippen LogP contribution in [0.2, 0.25) is 0 Å². The van der Waals surface area contributed by atoms with Gasteiger partial charge in [0.2, 0.25) is 0 Å². The topological polar surface area (TPSA) is 29.5 Å². The maximum atomic E-state index is 13.9. The molecular weight excluding hydrogens is 462 g/mol. The van der Waals surface area contributed by atoms with Crippen molar-refractivity contribution in [3.8, 4) is 5.75 Å². The molecule has 0 bridgehead atoms. The molecule has 0 atom stereocenters. The molecule has 32 heavy (non-hydrogen) atoms. The molecule has 0 spiro atoms. The number of amides is 1. The second kappa shape index (κ2) is 10.3. The molecule has 4 rings (SSSR count). The predicted molar refractivity (Wildman–Crippen MR) is 132 cm³/mol. The number of carbonyl (C=O) groups excluding carboxylic acids is 1. The fourth-order valence-corrected chi connectivity index (χ4v) is 4.22. The van der Waals surface area contributed by atoms with E-state index in [1.54, 1.807) is 7.11 Å². The minimum absolute atomic E-state index is 0.0279. The van der Waals surface area contributed by atoms with Gasteiger partial charge in [0.1, 0.15) is 5.75 Å². The molecule has 0 saturated carbocycles. The highest BCUT2D eigenvalue weighted by Crippen LogP contribution is 2.32. The van der Waals surface area contributed by atoms with Crippen molar-refractivity contribution in [2.45, 2.75) is 12.6 Å². The molecule has 4 aromatic rings.